The molecule has 38 heavy (non-hydrogen) atoms. The molecular weight excluding hydrogens is 544 g/mol. The Bertz CT molecular complexity index is 1560. The molecule has 0 saturated heterocycles. The average molecular weight is 577 g/mol. The van der Waals surface area contributed by atoms with Gasteiger partial charge in [-0.05, 0) is 81.2 Å². The third-order valence-corrected chi connectivity index (χ3v) is 11.5. The summed E-state index contributed by atoms with van der Waals surface area (Å²) in [6.45, 7) is 4.74. The molecule has 1 aromatic carbocycles. The molecule has 2 aliphatic rings. The number of aromatic nitrogens is 2. The van der Waals surface area contributed by atoms with Crippen LogP contribution in [0.4, 0.5) is 0 Å². The molecule has 8 nitrogen and oxygen atoms in total. The van der Waals surface area contributed by atoms with Gasteiger partial charge >= 0.3 is 0 Å². The zero-order valence-electron chi connectivity index (χ0n) is 21.5. The van der Waals surface area contributed by atoms with E-state index in [9.17, 15) is 16.8 Å². The topological polar surface area (TPSA) is 110 Å². The monoisotopic (exact) mass is 576 g/mol. The minimum Gasteiger partial charge on any atom is -0.313 e. The second kappa shape index (κ2) is 10.7. The van der Waals surface area contributed by atoms with Crippen LogP contribution in [0.3, 0.4) is 0 Å². The molecule has 0 spiro atoms. The first-order valence-electron chi connectivity index (χ1n) is 13.1. The van der Waals surface area contributed by atoms with E-state index in [1.165, 1.54) is 10.2 Å². The molecule has 2 saturated carbocycles. The van der Waals surface area contributed by atoms with Gasteiger partial charge in [0.25, 0.3) is 20.0 Å². The number of nitrogens with zero attached hydrogens (tertiary/aromatic N) is 3. The van der Waals surface area contributed by atoms with Crippen LogP contribution in [0.5, 0.6) is 0 Å². The van der Waals surface area contributed by atoms with Crippen molar-refractivity contribution < 1.29 is 16.8 Å². The number of hydrogen-bond acceptors (Lipinski definition) is 6. The van der Waals surface area contributed by atoms with Crippen molar-refractivity contribution in [2.75, 3.05) is 6.54 Å². The number of pyridine rings is 1. The first kappa shape index (κ1) is 27.3. The SMILES string of the molecule is CC[C@@H]1CC(C=NS(=O)(=O)C2CC2)C[C@@H]1NCCc1cnc2c(ccn2S(=O)(=O)c2ccc(C)cc2)c1Cl. The van der Waals surface area contributed by atoms with Gasteiger partial charge in [-0.15, -0.1) is 0 Å². The molecule has 0 radical (unpaired) electrons. The van der Waals surface area contributed by atoms with Crippen molar-refractivity contribution in [3.8, 4) is 0 Å². The number of sulfonamides is 1. The van der Waals surface area contributed by atoms with E-state index >= 15 is 0 Å². The third kappa shape index (κ3) is 5.54. The van der Waals surface area contributed by atoms with Crippen LogP contribution in [-0.2, 0) is 26.5 Å². The largest absolute Gasteiger partial charge is 0.313 e. The van der Waals surface area contributed by atoms with Crippen molar-refractivity contribution >= 4 is 48.9 Å². The Labute approximate surface area is 229 Å². The van der Waals surface area contributed by atoms with Gasteiger partial charge in [-0.2, -0.15) is 4.40 Å². The maximum atomic E-state index is 13.2. The first-order chi connectivity index (χ1) is 18.1. The Morgan fingerprint density at radius 2 is 1.87 bits per heavy atom. The molecule has 3 aromatic rings. The average Bonchev–Trinajstić information content (AvgIpc) is 3.54. The van der Waals surface area contributed by atoms with Gasteiger partial charge in [0.1, 0.15) is 0 Å². The number of rotatable bonds is 10. The van der Waals surface area contributed by atoms with Crippen LogP contribution >= 0.6 is 11.6 Å². The number of nitrogens with one attached hydrogen (secondary N) is 1. The maximum absolute atomic E-state index is 13.2. The van der Waals surface area contributed by atoms with E-state index in [4.69, 9.17) is 11.6 Å². The summed E-state index contributed by atoms with van der Waals surface area (Å²) in [5.74, 6) is 0.606. The molecule has 3 atom stereocenters. The fraction of sp³-hybridized carbons (Fsp3) is 0.481. The smallest absolute Gasteiger partial charge is 0.269 e. The molecule has 11 heteroatoms. The number of aryl methyl sites for hydroxylation is 1. The van der Waals surface area contributed by atoms with Gasteiger partial charge in [0, 0.05) is 30.0 Å². The predicted octanol–water partition coefficient (Wildman–Crippen LogP) is 4.74. The minimum atomic E-state index is -3.79. The highest BCUT2D eigenvalue weighted by atomic mass is 35.5. The van der Waals surface area contributed by atoms with Crippen LogP contribution in [0.2, 0.25) is 5.02 Å². The van der Waals surface area contributed by atoms with Gasteiger partial charge in [0.15, 0.2) is 5.65 Å². The van der Waals surface area contributed by atoms with Crippen molar-refractivity contribution in [3.05, 3.63) is 58.9 Å². The van der Waals surface area contributed by atoms with Crippen LogP contribution in [0.15, 0.2) is 52.0 Å². The van der Waals surface area contributed by atoms with Gasteiger partial charge in [-0.3, -0.25) is 0 Å². The molecule has 2 heterocycles. The number of hydrogen-bond donors (Lipinski definition) is 1. The Balaban J connectivity index is 1.25. The van der Waals surface area contributed by atoms with Crippen LogP contribution < -0.4 is 5.32 Å². The molecular formula is C27H33ClN4O4S2. The highest BCUT2D eigenvalue weighted by Gasteiger charge is 2.36. The van der Waals surface area contributed by atoms with Crippen molar-refractivity contribution in [3.63, 3.8) is 0 Å². The second-order valence-corrected chi connectivity index (χ2v) is 14.5. The van der Waals surface area contributed by atoms with Gasteiger partial charge in [0.2, 0.25) is 0 Å². The molecule has 5 rings (SSSR count). The quantitative estimate of drug-likeness (QED) is 0.349. The fourth-order valence-corrected chi connectivity index (χ4v) is 8.11. The highest BCUT2D eigenvalue weighted by Crippen LogP contribution is 2.34. The molecule has 0 bridgehead atoms. The van der Waals surface area contributed by atoms with E-state index in [1.54, 1.807) is 42.7 Å². The van der Waals surface area contributed by atoms with E-state index < -0.39 is 20.0 Å². The van der Waals surface area contributed by atoms with Gasteiger partial charge in [-0.25, -0.2) is 25.8 Å². The molecule has 1 N–H and O–H groups in total. The summed E-state index contributed by atoms with van der Waals surface area (Å²) in [6, 6.07) is 8.68. The van der Waals surface area contributed by atoms with Crippen molar-refractivity contribution in [2.24, 2.45) is 16.2 Å². The minimum absolute atomic E-state index is 0.155. The lowest BCUT2D eigenvalue weighted by Crippen LogP contribution is -2.33. The van der Waals surface area contributed by atoms with Crippen LogP contribution in [0.25, 0.3) is 11.0 Å². The van der Waals surface area contributed by atoms with Crippen molar-refractivity contribution in [2.45, 2.75) is 68.6 Å². The van der Waals surface area contributed by atoms with Crippen LogP contribution in [0.1, 0.15) is 50.2 Å². The number of fused-ring (bicyclic) bond motifs is 1. The lowest BCUT2D eigenvalue weighted by atomic mass is 10.00. The first-order valence-corrected chi connectivity index (χ1v) is 16.4. The van der Waals surface area contributed by atoms with Gasteiger partial charge in [0.05, 0.1) is 15.2 Å². The third-order valence-electron chi connectivity index (χ3n) is 7.69. The molecule has 1 unspecified atom stereocenters. The summed E-state index contributed by atoms with van der Waals surface area (Å²) >= 11 is 6.71. The molecule has 2 aromatic heterocycles. The summed E-state index contributed by atoms with van der Waals surface area (Å²) in [5.41, 5.74) is 2.13. The molecule has 204 valence electrons. The fourth-order valence-electron chi connectivity index (χ4n) is 5.27. The highest BCUT2D eigenvalue weighted by molar-refractivity contribution is 7.91. The standard InChI is InChI=1S/C27H33ClN4O4S2/c1-3-20-14-19(16-31-37(33,34)22-8-9-22)15-25(20)29-12-10-21-17-30-27-24(26(21)28)11-13-32(27)38(35,36)23-6-4-18(2)5-7-23/h4-7,11,13,16-17,19-20,22,25,29H,3,8-10,12,14-15H2,1-2H3/t19?,20-,25+/m1/s1. The zero-order chi connectivity index (χ0) is 27.1. The molecule has 2 fully saturated rings. The predicted molar refractivity (Wildman–Crippen MR) is 151 cm³/mol. The lowest BCUT2D eigenvalue weighted by molar-refractivity contribution is 0.393. The van der Waals surface area contributed by atoms with Crippen molar-refractivity contribution in [1.82, 2.24) is 14.3 Å². The van der Waals surface area contributed by atoms with Crippen LogP contribution in [0, 0.1) is 18.8 Å². The summed E-state index contributed by atoms with van der Waals surface area (Å²) in [7, 11) is -7.12. The maximum Gasteiger partial charge on any atom is 0.269 e. The van der Waals surface area contributed by atoms with Gasteiger partial charge < -0.3 is 5.32 Å². The summed E-state index contributed by atoms with van der Waals surface area (Å²) in [4.78, 5) is 4.67. The van der Waals surface area contributed by atoms with E-state index in [2.05, 4.69) is 21.6 Å². The number of benzene rings is 1. The lowest BCUT2D eigenvalue weighted by Gasteiger charge is -2.19. The Morgan fingerprint density at radius 1 is 1.13 bits per heavy atom. The van der Waals surface area contributed by atoms with E-state index in [-0.39, 0.29) is 22.1 Å². The van der Waals surface area contributed by atoms with Gasteiger partial charge in [-0.1, -0.05) is 42.6 Å². The zero-order valence-corrected chi connectivity index (χ0v) is 23.9. The second-order valence-electron chi connectivity index (χ2n) is 10.4. The summed E-state index contributed by atoms with van der Waals surface area (Å²) < 4.78 is 55.7. The van der Waals surface area contributed by atoms with Crippen LogP contribution in [-0.4, -0.2) is 49.8 Å². The molecule has 0 aliphatic heterocycles. The number of halogens is 1. The summed E-state index contributed by atoms with van der Waals surface area (Å²) in [6.07, 6.45) is 9.68. The summed E-state index contributed by atoms with van der Waals surface area (Å²) in [5, 5.41) is 4.45. The van der Waals surface area contributed by atoms with E-state index in [1.807, 2.05) is 6.92 Å². The van der Waals surface area contributed by atoms with Crippen molar-refractivity contribution in [1.29, 1.82) is 0 Å². The molecule has 2 aliphatic carbocycles. The Hall–Kier alpha value is -2.27. The normalized spacial score (nSPS) is 22.6. The van der Waals surface area contributed by atoms with E-state index in [0.29, 0.717) is 34.9 Å². The molecule has 0 amide bonds. The Morgan fingerprint density at radius 3 is 2.55 bits per heavy atom. The Kier molecular flexibility index (Phi) is 7.70. The van der Waals surface area contributed by atoms with E-state index in [0.717, 1.165) is 43.2 Å².